The normalized spacial score (nSPS) is 11.9. The van der Waals surface area contributed by atoms with Gasteiger partial charge >= 0.3 is 0 Å². The fourth-order valence-corrected chi connectivity index (χ4v) is 1.75. The molecule has 0 aliphatic rings. The molecule has 0 heterocycles. The van der Waals surface area contributed by atoms with Crippen molar-refractivity contribution in [1.82, 2.24) is 0 Å². The second-order valence-corrected chi connectivity index (χ2v) is 5.35. The highest BCUT2D eigenvalue weighted by atomic mass is 14.7. The number of nitrogens with two attached hydrogens (primary N) is 1. The highest BCUT2D eigenvalue weighted by molar-refractivity contribution is 5.36. The van der Waals surface area contributed by atoms with E-state index in [0.29, 0.717) is 0 Å². The molecule has 84 valence electrons. The van der Waals surface area contributed by atoms with Crippen molar-refractivity contribution in [2.75, 3.05) is 0 Å². The van der Waals surface area contributed by atoms with E-state index in [4.69, 9.17) is 5.73 Å². The highest BCUT2D eigenvalue weighted by Crippen LogP contribution is 2.18. The van der Waals surface area contributed by atoms with Crippen LogP contribution in [0.5, 0.6) is 0 Å². The summed E-state index contributed by atoms with van der Waals surface area (Å²) in [6.07, 6.45) is 2.12. The van der Waals surface area contributed by atoms with Crippen molar-refractivity contribution in [1.29, 1.82) is 0 Å². The third kappa shape index (κ3) is 3.67. The van der Waals surface area contributed by atoms with Crippen molar-refractivity contribution in [3.63, 3.8) is 0 Å². The van der Waals surface area contributed by atoms with Gasteiger partial charge in [0, 0.05) is 5.54 Å². The molecule has 0 saturated heterocycles. The molecular weight excluding hydrogens is 182 g/mol. The van der Waals surface area contributed by atoms with Crippen molar-refractivity contribution in [3.05, 3.63) is 34.4 Å². The molecule has 1 heteroatoms. The van der Waals surface area contributed by atoms with Gasteiger partial charge in [-0.25, -0.2) is 0 Å². The molecule has 1 aromatic carbocycles. The lowest BCUT2D eigenvalue weighted by Crippen LogP contribution is -2.32. The van der Waals surface area contributed by atoms with E-state index in [-0.39, 0.29) is 5.54 Å². The van der Waals surface area contributed by atoms with E-state index in [9.17, 15) is 0 Å². The third-order valence-corrected chi connectivity index (χ3v) is 2.99. The Morgan fingerprint density at radius 2 is 1.53 bits per heavy atom. The Bertz CT molecular complexity index is 345. The predicted molar refractivity (Wildman–Crippen MR) is 67.2 cm³/mol. The van der Waals surface area contributed by atoms with E-state index in [1.807, 2.05) is 0 Å². The van der Waals surface area contributed by atoms with Gasteiger partial charge in [0.15, 0.2) is 0 Å². The van der Waals surface area contributed by atoms with Crippen molar-refractivity contribution in [2.24, 2.45) is 5.73 Å². The zero-order valence-corrected chi connectivity index (χ0v) is 10.6. The zero-order chi connectivity index (χ0) is 11.6. The van der Waals surface area contributed by atoms with Crippen LogP contribution in [0.1, 0.15) is 42.5 Å². The molecule has 0 aliphatic carbocycles. The summed E-state index contributed by atoms with van der Waals surface area (Å²) >= 11 is 0. The number of rotatable bonds is 3. The van der Waals surface area contributed by atoms with Crippen molar-refractivity contribution < 1.29 is 0 Å². The Kier molecular flexibility index (Phi) is 3.56. The minimum atomic E-state index is -0.0643. The smallest absolute Gasteiger partial charge is 0.0100 e. The fourth-order valence-electron chi connectivity index (χ4n) is 1.75. The van der Waals surface area contributed by atoms with E-state index in [1.165, 1.54) is 22.3 Å². The third-order valence-electron chi connectivity index (χ3n) is 2.99. The lowest BCUT2D eigenvalue weighted by Gasteiger charge is -2.19. The number of aryl methyl sites for hydroxylation is 4. The maximum Gasteiger partial charge on any atom is 0.0100 e. The summed E-state index contributed by atoms with van der Waals surface area (Å²) in [6.45, 7) is 10.7. The summed E-state index contributed by atoms with van der Waals surface area (Å²) in [7, 11) is 0. The van der Waals surface area contributed by atoms with Crippen LogP contribution in [-0.2, 0) is 6.42 Å². The Hall–Kier alpha value is -0.820. The molecule has 0 unspecified atom stereocenters. The minimum Gasteiger partial charge on any atom is -0.326 e. The average molecular weight is 205 g/mol. The van der Waals surface area contributed by atoms with Gasteiger partial charge in [0.05, 0.1) is 0 Å². The summed E-state index contributed by atoms with van der Waals surface area (Å²) in [5.41, 5.74) is 11.5. The van der Waals surface area contributed by atoms with E-state index in [0.717, 1.165) is 12.8 Å². The molecule has 15 heavy (non-hydrogen) atoms. The van der Waals surface area contributed by atoms with Gasteiger partial charge < -0.3 is 5.73 Å². The van der Waals surface area contributed by atoms with E-state index in [1.54, 1.807) is 0 Å². The molecule has 0 atom stereocenters. The molecule has 2 N–H and O–H groups in total. The number of hydrogen-bond donors (Lipinski definition) is 1. The van der Waals surface area contributed by atoms with Gasteiger partial charge in [0.1, 0.15) is 0 Å². The Balaban J connectivity index is 2.82. The summed E-state index contributed by atoms with van der Waals surface area (Å²) < 4.78 is 0. The van der Waals surface area contributed by atoms with Crippen LogP contribution in [-0.4, -0.2) is 5.54 Å². The van der Waals surface area contributed by atoms with Crippen LogP contribution >= 0.6 is 0 Å². The van der Waals surface area contributed by atoms with Crippen LogP contribution in [0.2, 0.25) is 0 Å². The minimum absolute atomic E-state index is 0.0643. The monoisotopic (exact) mass is 205 g/mol. The van der Waals surface area contributed by atoms with Crippen LogP contribution < -0.4 is 5.73 Å². The summed E-state index contributed by atoms with van der Waals surface area (Å²) in [4.78, 5) is 0. The van der Waals surface area contributed by atoms with Crippen molar-refractivity contribution in [2.45, 2.75) is 53.0 Å². The van der Waals surface area contributed by atoms with Gasteiger partial charge in [-0.15, -0.1) is 0 Å². The van der Waals surface area contributed by atoms with E-state index in [2.05, 4.69) is 46.8 Å². The average Bonchev–Trinajstić information content (AvgIpc) is 2.07. The van der Waals surface area contributed by atoms with Crippen LogP contribution in [0.4, 0.5) is 0 Å². The first-order valence-electron chi connectivity index (χ1n) is 5.65. The molecule has 0 radical (unpaired) electrons. The van der Waals surface area contributed by atoms with Gasteiger partial charge in [0.2, 0.25) is 0 Å². The summed E-state index contributed by atoms with van der Waals surface area (Å²) in [5.74, 6) is 0. The van der Waals surface area contributed by atoms with Gasteiger partial charge in [-0.3, -0.25) is 0 Å². The number of hydrogen-bond acceptors (Lipinski definition) is 1. The molecule has 0 spiro atoms. The molecule has 0 aliphatic heterocycles. The highest BCUT2D eigenvalue weighted by Gasteiger charge is 2.11. The second-order valence-electron chi connectivity index (χ2n) is 5.35. The Morgan fingerprint density at radius 3 is 2.07 bits per heavy atom. The SMILES string of the molecule is Cc1cc(C)c(CCC(C)(C)N)cc1C. The lowest BCUT2D eigenvalue weighted by molar-refractivity contribution is 0.476. The second kappa shape index (κ2) is 4.36. The largest absolute Gasteiger partial charge is 0.326 e. The standard InChI is InChI=1S/C14H23N/c1-10-8-12(3)13(9-11(10)2)6-7-14(4,5)15/h8-9H,6-7,15H2,1-5H3. The molecule has 1 rings (SSSR count). The molecular formula is C14H23N. The summed E-state index contributed by atoms with van der Waals surface area (Å²) in [6, 6.07) is 4.57. The molecule has 0 bridgehead atoms. The molecule has 0 fully saturated rings. The number of benzene rings is 1. The molecule has 0 saturated carbocycles. The molecule has 1 aromatic rings. The summed E-state index contributed by atoms with van der Waals surface area (Å²) in [5, 5.41) is 0. The topological polar surface area (TPSA) is 26.0 Å². The first-order valence-corrected chi connectivity index (χ1v) is 5.65. The Labute approximate surface area is 93.7 Å². The van der Waals surface area contributed by atoms with Crippen LogP contribution in [0.25, 0.3) is 0 Å². The van der Waals surface area contributed by atoms with E-state index < -0.39 is 0 Å². The zero-order valence-electron chi connectivity index (χ0n) is 10.6. The van der Waals surface area contributed by atoms with Gasteiger partial charge in [-0.2, -0.15) is 0 Å². The molecule has 0 aromatic heterocycles. The van der Waals surface area contributed by atoms with Crippen LogP contribution in [0, 0.1) is 20.8 Å². The van der Waals surface area contributed by atoms with Crippen molar-refractivity contribution >= 4 is 0 Å². The Morgan fingerprint density at radius 1 is 1.00 bits per heavy atom. The molecule has 0 amide bonds. The predicted octanol–water partition coefficient (Wildman–Crippen LogP) is 3.28. The lowest BCUT2D eigenvalue weighted by atomic mass is 9.92. The van der Waals surface area contributed by atoms with Crippen LogP contribution in [0.15, 0.2) is 12.1 Å². The quantitative estimate of drug-likeness (QED) is 0.805. The fraction of sp³-hybridized carbons (Fsp3) is 0.571. The first-order chi connectivity index (χ1) is 6.79. The van der Waals surface area contributed by atoms with Gasteiger partial charge in [0.25, 0.3) is 0 Å². The van der Waals surface area contributed by atoms with Crippen LogP contribution in [0.3, 0.4) is 0 Å². The maximum atomic E-state index is 6.00. The van der Waals surface area contributed by atoms with Gasteiger partial charge in [-0.05, 0) is 69.7 Å². The van der Waals surface area contributed by atoms with Crippen molar-refractivity contribution in [3.8, 4) is 0 Å². The van der Waals surface area contributed by atoms with E-state index >= 15 is 0 Å². The molecule has 1 nitrogen and oxygen atoms in total. The first kappa shape index (κ1) is 12.3. The maximum absolute atomic E-state index is 6.00. The van der Waals surface area contributed by atoms with Gasteiger partial charge in [-0.1, -0.05) is 12.1 Å².